The number of carboxylic acid groups (broad SMARTS) is 1. The minimum Gasteiger partial charge on any atom is -0.480 e. The van der Waals surface area contributed by atoms with Gasteiger partial charge in [0.2, 0.25) is 11.8 Å². The lowest BCUT2D eigenvalue weighted by Gasteiger charge is -2.43. The van der Waals surface area contributed by atoms with E-state index in [-0.39, 0.29) is 40.7 Å². The van der Waals surface area contributed by atoms with Crippen LogP contribution in [0.15, 0.2) is 29.3 Å². The molecule has 1 aromatic carbocycles. The number of benzene rings is 1. The number of halogens is 1. The number of aliphatic carboxylic acids is 1. The molecule has 2 aliphatic carbocycles. The number of H-pyrrole nitrogens is 1. The lowest BCUT2D eigenvalue weighted by Crippen LogP contribution is -2.42. The van der Waals surface area contributed by atoms with Crippen LogP contribution in [0.25, 0.3) is 0 Å². The van der Waals surface area contributed by atoms with Crippen LogP contribution in [-0.4, -0.2) is 44.6 Å². The summed E-state index contributed by atoms with van der Waals surface area (Å²) in [7, 11) is 0. The third-order valence-electron chi connectivity index (χ3n) is 7.34. The van der Waals surface area contributed by atoms with Gasteiger partial charge < -0.3 is 10.1 Å². The number of carboxylic acids is 1. The molecular formula is C21H17ClN2O4S3. The Labute approximate surface area is 196 Å². The summed E-state index contributed by atoms with van der Waals surface area (Å²) in [6.07, 6.45) is 0.829. The van der Waals surface area contributed by atoms with Crippen LogP contribution >= 0.6 is 46.9 Å². The van der Waals surface area contributed by atoms with Crippen molar-refractivity contribution in [2.45, 2.75) is 22.6 Å². The van der Waals surface area contributed by atoms with Crippen molar-refractivity contribution in [2.24, 2.45) is 29.6 Å². The Morgan fingerprint density at radius 1 is 1.19 bits per heavy atom. The predicted octanol–water partition coefficient (Wildman–Crippen LogP) is 4.02. The molecule has 7 atom stereocenters. The van der Waals surface area contributed by atoms with Crippen molar-refractivity contribution in [2.75, 3.05) is 6.54 Å². The highest BCUT2D eigenvalue weighted by Crippen LogP contribution is 2.68. The number of hydrogen-bond donors (Lipinski definition) is 2. The molecule has 10 heteroatoms. The molecule has 31 heavy (non-hydrogen) atoms. The Bertz CT molecular complexity index is 1190. The molecule has 1 saturated heterocycles. The quantitative estimate of drug-likeness (QED) is 0.497. The topological polar surface area (TPSA) is 90.5 Å². The molecule has 2 aliphatic heterocycles. The third kappa shape index (κ3) is 2.76. The Morgan fingerprint density at radius 2 is 1.87 bits per heavy atom. The van der Waals surface area contributed by atoms with Crippen molar-refractivity contribution in [1.82, 2.24) is 9.88 Å². The lowest BCUT2D eigenvalue weighted by molar-refractivity contribution is -0.149. The maximum absolute atomic E-state index is 13.1. The van der Waals surface area contributed by atoms with Gasteiger partial charge in [-0.05, 0) is 54.1 Å². The summed E-state index contributed by atoms with van der Waals surface area (Å²) in [6, 6.07) is 7.84. The maximum Gasteiger partial charge on any atom is 0.323 e. The molecule has 1 aromatic heterocycles. The zero-order valence-electron chi connectivity index (χ0n) is 16.0. The third-order valence-corrected chi connectivity index (χ3v) is 10.5. The summed E-state index contributed by atoms with van der Waals surface area (Å²) in [5, 5.41) is 11.1. The first-order chi connectivity index (χ1) is 14.8. The molecule has 2 amide bonds. The number of thioether (sulfide) groups is 1. The van der Waals surface area contributed by atoms with E-state index in [1.807, 2.05) is 24.3 Å². The van der Waals surface area contributed by atoms with Gasteiger partial charge in [0, 0.05) is 21.1 Å². The van der Waals surface area contributed by atoms with E-state index in [9.17, 15) is 19.5 Å². The zero-order chi connectivity index (χ0) is 21.6. The SMILES string of the molecule is O=C(O)CN1C(=O)C2C3CC(C2C1=O)C1C(c2ccc(Cl)cc2)c2sc(=S)[nH]c2SC31. The molecule has 4 aliphatic rings. The van der Waals surface area contributed by atoms with Gasteiger partial charge in [0.25, 0.3) is 0 Å². The molecule has 0 radical (unpaired) electrons. The number of aromatic amines is 1. The Balaban J connectivity index is 1.45. The minimum absolute atomic E-state index is 0.0484. The molecule has 6 nitrogen and oxygen atoms in total. The van der Waals surface area contributed by atoms with E-state index in [4.69, 9.17) is 23.8 Å². The highest BCUT2D eigenvalue weighted by atomic mass is 35.5. The number of likely N-dealkylation sites (tertiary alicyclic amines) is 1. The van der Waals surface area contributed by atoms with Crippen molar-refractivity contribution < 1.29 is 19.5 Å². The average Bonchev–Trinajstić information content (AvgIpc) is 3.44. The normalized spacial score (nSPS) is 35.3. The van der Waals surface area contributed by atoms with Crippen LogP contribution < -0.4 is 0 Å². The van der Waals surface area contributed by atoms with Gasteiger partial charge >= 0.3 is 5.97 Å². The first-order valence-electron chi connectivity index (χ1n) is 10.1. The van der Waals surface area contributed by atoms with Crippen LogP contribution in [0, 0.1) is 33.5 Å². The molecule has 0 spiro atoms. The van der Waals surface area contributed by atoms with E-state index in [0.29, 0.717) is 5.02 Å². The molecule has 6 rings (SSSR count). The van der Waals surface area contributed by atoms with Gasteiger partial charge in [-0.15, -0.1) is 23.1 Å². The predicted molar refractivity (Wildman–Crippen MR) is 119 cm³/mol. The Hall–Kier alpha value is -1.68. The number of carbonyl (C=O) groups is 3. The maximum atomic E-state index is 13.1. The second-order valence-corrected chi connectivity index (χ2v) is 12.0. The number of fused-ring (bicyclic) bond motifs is 9. The first kappa shape index (κ1) is 20.0. The number of hydrogen-bond acceptors (Lipinski definition) is 6. The summed E-state index contributed by atoms with van der Waals surface area (Å²) in [6.45, 7) is -0.548. The molecule has 7 unspecified atom stereocenters. The Kier molecular flexibility index (Phi) is 4.45. The fourth-order valence-corrected chi connectivity index (χ4v) is 9.87. The number of nitrogens with zero attached hydrogens (tertiary/aromatic N) is 1. The fraction of sp³-hybridized carbons (Fsp3) is 0.429. The highest BCUT2D eigenvalue weighted by Gasteiger charge is 2.69. The molecule has 2 bridgehead atoms. The number of rotatable bonds is 3. The molecule has 2 saturated carbocycles. The van der Waals surface area contributed by atoms with Gasteiger partial charge in [-0.1, -0.05) is 23.7 Å². The van der Waals surface area contributed by atoms with E-state index in [2.05, 4.69) is 4.98 Å². The molecule has 3 heterocycles. The van der Waals surface area contributed by atoms with Gasteiger partial charge in [-0.2, -0.15) is 0 Å². The molecule has 160 valence electrons. The number of amides is 2. The molecular weight excluding hydrogens is 476 g/mol. The van der Waals surface area contributed by atoms with Crippen molar-refractivity contribution in [3.63, 3.8) is 0 Å². The number of nitrogens with one attached hydrogen (secondary N) is 1. The minimum atomic E-state index is -1.16. The van der Waals surface area contributed by atoms with Crippen molar-refractivity contribution in [3.8, 4) is 0 Å². The van der Waals surface area contributed by atoms with E-state index in [1.54, 1.807) is 23.1 Å². The summed E-state index contributed by atoms with van der Waals surface area (Å²) < 4.78 is 0.726. The summed E-state index contributed by atoms with van der Waals surface area (Å²) in [5.74, 6) is -2.22. The van der Waals surface area contributed by atoms with Crippen LogP contribution in [0.4, 0.5) is 0 Å². The monoisotopic (exact) mass is 492 g/mol. The number of imide groups is 1. The highest BCUT2D eigenvalue weighted by molar-refractivity contribution is 8.00. The van der Waals surface area contributed by atoms with Crippen LogP contribution in [0.3, 0.4) is 0 Å². The second kappa shape index (κ2) is 6.91. The number of thiazole rings is 1. The van der Waals surface area contributed by atoms with Crippen molar-refractivity contribution in [1.29, 1.82) is 0 Å². The zero-order valence-corrected chi connectivity index (χ0v) is 19.2. The second-order valence-electron chi connectivity index (χ2n) is 8.67. The van der Waals surface area contributed by atoms with Gasteiger partial charge in [0.05, 0.1) is 16.9 Å². The van der Waals surface area contributed by atoms with Gasteiger partial charge in [-0.3, -0.25) is 19.3 Å². The lowest BCUT2D eigenvalue weighted by atomic mass is 9.68. The molecule has 2 aromatic rings. The van der Waals surface area contributed by atoms with Crippen LogP contribution in [0.1, 0.15) is 22.8 Å². The first-order valence-corrected chi connectivity index (χ1v) is 12.6. The average molecular weight is 493 g/mol. The largest absolute Gasteiger partial charge is 0.480 e. The molecule has 3 fully saturated rings. The number of aromatic nitrogens is 1. The Morgan fingerprint density at radius 3 is 2.55 bits per heavy atom. The number of carbonyl (C=O) groups excluding carboxylic acids is 2. The molecule has 2 N–H and O–H groups in total. The van der Waals surface area contributed by atoms with Gasteiger partial charge in [-0.25, -0.2) is 0 Å². The van der Waals surface area contributed by atoms with E-state index in [1.165, 1.54) is 4.88 Å². The summed E-state index contributed by atoms with van der Waals surface area (Å²) in [4.78, 5) is 42.9. The fourth-order valence-electron chi connectivity index (χ4n) is 6.41. The van der Waals surface area contributed by atoms with Gasteiger partial charge in [0.1, 0.15) is 6.54 Å². The summed E-state index contributed by atoms with van der Waals surface area (Å²) >= 11 is 14.9. The van der Waals surface area contributed by atoms with Crippen LogP contribution in [0.5, 0.6) is 0 Å². The van der Waals surface area contributed by atoms with E-state index >= 15 is 0 Å². The van der Waals surface area contributed by atoms with Crippen LogP contribution in [0.2, 0.25) is 5.02 Å². The van der Waals surface area contributed by atoms with Crippen molar-refractivity contribution in [3.05, 3.63) is 43.7 Å². The van der Waals surface area contributed by atoms with E-state index in [0.717, 1.165) is 25.9 Å². The standard InChI is InChI=1S/C21H17ClN2O4S3/c22-8-3-1-7(2-4-8)12-13-9-5-10(16(13)30-18-17(12)31-21(29)23-18)15-14(9)19(27)24(20(15)28)6-11(25)26/h1-4,9-10,12-16H,5-6H2,(H,23,29)(H,25,26). The van der Waals surface area contributed by atoms with Crippen LogP contribution in [-0.2, 0) is 14.4 Å². The van der Waals surface area contributed by atoms with E-state index < -0.39 is 24.3 Å². The summed E-state index contributed by atoms with van der Waals surface area (Å²) in [5.41, 5.74) is 1.13. The van der Waals surface area contributed by atoms with Crippen molar-refractivity contribution >= 4 is 64.7 Å². The van der Waals surface area contributed by atoms with Gasteiger partial charge in [0.15, 0.2) is 3.95 Å². The smallest absolute Gasteiger partial charge is 0.323 e.